The summed E-state index contributed by atoms with van der Waals surface area (Å²) in [7, 11) is 0. The van der Waals surface area contributed by atoms with Gasteiger partial charge >= 0.3 is 0 Å². The molecule has 1 aromatic heterocycles. The lowest BCUT2D eigenvalue weighted by Crippen LogP contribution is -2.08. The average Bonchev–Trinajstić information content (AvgIpc) is 2.56. The number of nitriles is 1. The first-order chi connectivity index (χ1) is 11.6. The van der Waals surface area contributed by atoms with Crippen LogP contribution < -0.4 is 10.5 Å². The van der Waals surface area contributed by atoms with Gasteiger partial charge in [-0.25, -0.2) is 4.98 Å². The standard InChI is InChI=1S/C19H22BrN3O/c1-4-7-16-13(5-2)18(15(11-21)19(22)23-16)14-10-12(20)8-9-17(14)24-6-3/h8-10H,4-7H2,1-3H3,(H2,22,23). The van der Waals surface area contributed by atoms with Crippen molar-refractivity contribution >= 4 is 21.7 Å². The predicted molar refractivity (Wildman–Crippen MR) is 101 cm³/mol. The number of pyridine rings is 1. The number of hydrogen-bond donors (Lipinski definition) is 1. The van der Waals surface area contributed by atoms with E-state index in [1.54, 1.807) is 0 Å². The van der Waals surface area contributed by atoms with Crippen molar-refractivity contribution in [2.24, 2.45) is 0 Å². The highest BCUT2D eigenvalue weighted by molar-refractivity contribution is 9.10. The molecule has 5 heteroatoms. The minimum atomic E-state index is 0.288. The van der Waals surface area contributed by atoms with Gasteiger partial charge in [-0.1, -0.05) is 36.2 Å². The molecule has 0 unspecified atom stereocenters. The van der Waals surface area contributed by atoms with E-state index in [0.29, 0.717) is 12.2 Å². The summed E-state index contributed by atoms with van der Waals surface area (Å²) < 4.78 is 6.72. The van der Waals surface area contributed by atoms with Crippen molar-refractivity contribution in [3.05, 3.63) is 39.5 Å². The number of nitrogens with two attached hydrogens (primary N) is 1. The lowest BCUT2D eigenvalue weighted by Gasteiger charge is -2.19. The highest BCUT2D eigenvalue weighted by atomic mass is 79.9. The van der Waals surface area contributed by atoms with Crippen molar-refractivity contribution in [2.45, 2.75) is 40.0 Å². The van der Waals surface area contributed by atoms with E-state index in [2.05, 4.69) is 40.8 Å². The highest BCUT2D eigenvalue weighted by Gasteiger charge is 2.21. The molecule has 0 aliphatic carbocycles. The topological polar surface area (TPSA) is 71.9 Å². The average molecular weight is 388 g/mol. The van der Waals surface area contributed by atoms with Gasteiger partial charge in [-0.15, -0.1) is 0 Å². The largest absolute Gasteiger partial charge is 0.493 e. The number of anilines is 1. The summed E-state index contributed by atoms with van der Waals surface area (Å²) in [5.41, 5.74) is 10.3. The van der Waals surface area contributed by atoms with Gasteiger partial charge in [-0.2, -0.15) is 5.26 Å². The van der Waals surface area contributed by atoms with Crippen LogP contribution in [0.4, 0.5) is 5.82 Å². The zero-order chi connectivity index (χ0) is 17.7. The second-order valence-electron chi connectivity index (χ2n) is 5.46. The Morgan fingerprint density at radius 3 is 2.62 bits per heavy atom. The summed E-state index contributed by atoms with van der Waals surface area (Å²) in [4.78, 5) is 4.49. The Balaban J connectivity index is 2.86. The van der Waals surface area contributed by atoms with Crippen molar-refractivity contribution < 1.29 is 4.74 Å². The predicted octanol–water partition coefficient (Wildman–Crippen LogP) is 4.88. The van der Waals surface area contributed by atoms with Gasteiger partial charge in [-0.05, 0) is 43.5 Å². The van der Waals surface area contributed by atoms with E-state index in [1.165, 1.54) is 0 Å². The molecule has 2 N–H and O–H groups in total. The van der Waals surface area contributed by atoms with Crippen molar-refractivity contribution in [1.82, 2.24) is 4.98 Å². The van der Waals surface area contributed by atoms with Gasteiger partial charge in [-0.3, -0.25) is 0 Å². The SMILES string of the molecule is CCCc1nc(N)c(C#N)c(-c2cc(Br)ccc2OCC)c1CC. The summed E-state index contributed by atoms with van der Waals surface area (Å²) in [6.07, 6.45) is 2.59. The molecule has 0 amide bonds. The molecule has 0 radical (unpaired) electrons. The van der Waals surface area contributed by atoms with Crippen LogP contribution in [-0.4, -0.2) is 11.6 Å². The quantitative estimate of drug-likeness (QED) is 0.766. The Bertz CT molecular complexity index is 781. The maximum absolute atomic E-state index is 9.67. The molecule has 24 heavy (non-hydrogen) atoms. The fourth-order valence-electron chi connectivity index (χ4n) is 2.91. The summed E-state index contributed by atoms with van der Waals surface area (Å²) in [5, 5.41) is 9.67. The Morgan fingerprint density at radius 1 is 1.29 bits per heavy atom. The van der Waals surface area contributed by atoms with E-state index in [4.69, 9.17) is 10.5 Å². The maximum atomic E-state index is 9.67. The Hall–Kier alpha value is -2.06. The van der Waals surface area contributed by atoms with Crippen LogP contribution in [0.5, 0.6) is 5.75 Å². The first kappa shape index (κ1) is 18.3. The molecular formula is C19H22BrN3O. The molecule has 0 fully saturated rings. The molecule has 1 heterocycles. The van der Waals surface area contributed by atoms with Crippen LogP contribution in [0.1, 0.15) is 44.0 Å². The molecule has 2 aromatic rings. The number of aryl methyl sites for hydroxylation is 1. The molecule has 0 aliphatic rings. The van der Waals surface area contributed by atoms with Gasteiger partial charge < -0.3 is 10.5 Å². The van der Waals surface area contributed by atoms with Crippen molar-refractivity contribution in [2.75, 3.05) is 12.3 Å². The number of halogens is 1. The smallest absolute Gasteiger partial charge is 0.142 e. The number of benzene rings is 1. The molecule has 1 aromatic carbocycles. The molecule has 126 valence electrons. The molecule has 0 aliphatic heterocycles. The zero-order valence-corrected chi connectivity index (χ0v) is 15.9. The molecule has 0 saturated heterocycles. The van der Waals surface area contributed by atoms with E-state index in [9.17, 15) is 5.26 Å². The number of rotatable bonds is 6. The van der Waals surface area contributed by atoms with E-state index in [-0.39, 0.29) is 5.82 Å². The van der Waals surface area contributed by atoms with E-state index >= 15 is 0 Å². The third-order valence-corrected chi connectivity index (χ3v) is 4.37. The van der Waals surface area contributed by atoms with Crippen LogP contribution in [-0.2, 0) is 12.8 Å². The number of nitrogen functional groups attached to an aromatic ring is 1. The Morgan fingerprint density at radius 2 is 2.04 bits per heavy atom. The van der Waals surface area contributed by atoms with Crippen LogP contribution in [0.3, 0.4) is 0 Å². The van der Waals surface area contributed by atoms with Crippen LogP contribution in [0.25, 0.3) is 11.1 Å². The van der Waals surface area contributed by atoms with Gasteiger partial charge in [0.15, 0.2) is 0 Å². The third kappa shape index (κ3) is 3.54. The first-order valence-corrected chi connectivity index (χ1v) is 9.00. The monoisotopic (exact) mass is 387 g/mol. The summed E-state index contributed by atoms with van der Waals surface area (Å²) in [5.74, 6) is 1.04. The van der Waals surface area contributed by atoms with Crippen LogP contribution >= 0.6 is 15.9 Å². The third-order valence-electron chi connectivity index (χ3n) is 3.87. The maximum Gasteiger partial charge on any atom is 0.142 e. The number of aromatic nitrogens is 1. The number of hydrogen-bond acceptors (Lipinski definition) is 4. The van der Waals surface area contributed by atoms with Crippen LogP contribution in [0, 0.1) is 11.3 Å². The van der Waals surface area contributed by atoms with Crippen molar-refractivity contribution in [1.29, 1.82) is 5.26 Å². The minimum absolute atomic E-state index is 0.288. The summed E-state index contributed by atoms with van der Waals surface area (Å²) in [6, 6.07) is 8.07. The molecule has 0 atom stereocenters. The first-order valence-electron chi connectivity index (χ1n) is 8.21. The normalized spacial score (nSPS) is 10.5. The molecule has 0 spiro atoms. The van der Waals surface area contributed by atoms with Gasteiger partial charge in [0, 0.05) is 21.3 Å². The fourth-order valence-corrected chi connectivity index (χ4v) is 3.27. The number of ether oxygens (including phenoxy) is 1. The van der Waals surface area contributed by atoms with E-state index < -0.39 is 0 Å². The molecule has 2 rings (SSSR count). The van der Waals surface area contributed by atoms with Gasteiger partial charge in [0.1, 0.15) is 23.2 Å². The fraction of sp³-hybridized carbons (Fsp3) is 0.368. The summed E-state index contributed by atoms with van der Waals surface area (Å²) >= 11 is 3.52. The minimum Gasteiger partial charge on any atom is -0.493 e. The molecule has 4 nitrogen and oxygen atoms in total. The van der Waals surface area contributed by atoms with Gasteiger partial charge in [0.05, 0.1) is 6.61 Å². The molecular weight excluding hydrogens is 366 g/mol. The summed E-state index contributed by atoms with van der Waals surface area (Å²) in [6.45, 7) is 6.69. The Labute approximate surface area is 151 Å². The lowest BCUT2D eigenvalue weighted by atomic mass is 9.91. The highest BCUT2D eigenvalue weighted by Crippen LogP contribution is 2.39. The van der Waals surface area contributed by atoms with Gasteiger partial charge in [0.2, 0.25) is 0 Å². The molecule has 0 bridgehead atoms. The van der Waals surface area contributed by atoms with E-state index in [1.807, 2.05) is 25.1 Å². The van der Waals surface area contributed by atoms with Gasteiger partial charge in [0.25, 0.3) is 0 Å². The van der Waals surface area contributed by atoms with E-state index in [0.717, 1.165) is 51.9 Å². The lowest BCUT2D eigenvalue weighted by molar-refractivity contribution is 0.341. The van der Waals surface area contributed by atoms with Crippen LogP contribution in [0.15, 0.2) is 22.7 Å². The van der Waals surface area contributed by atoms with Crippen molar-refractivity contribution in [3.8, 4) is 22.9 Å². The Kier molecular flexibility index (Phi) is 6.22. The second-order valence-corrected chi connectivity index (χ2v) is 6.38. The zero-order valence-electron chi connectivity index (χ0n) is 14.3. The van der Waals surface area contributed by atoms with Crippen molar-refractivity contribution in [3.63, 3.8) is 0 Å². The van der Waals surface area contributed by atoms with Crippen LogP contribution in [0.2, 0.25) is 0 Å². The second kappa shape index (κ2) is 8.16. The molecule has 0 saturated carbocycles. The number of nitrogens with zero attached hydrogens (tertiary/aromatic N) is 2.